The lowest BCUT2D eigenvalue weighted by molar-refractivity contribution is -0.107. The molecule has 0 spiro atoms. The summed E-state index contributed by atoms with van der Waals surface area (Å²) >= 11 is 7.80. The summed E-state index contributed by atoms with van der Waals surface area (Å²) in [6.07, 6.45) is 9.80. The highest BCUT2D eigenvalue weighted by atomic mass is 35.5. The summed E-state index contributed by atoms with van der Waals surface area (Å²) in [6.45, 7) is 7.91. The van der Waals surface area contributed by atoms with E-state index in [4.69, 9.17) is 27.1 Å². The van der Waals surface area contributed by atoms with Crippen molar-refractivity contribution < 1.29 is 18.3 Å². The molecule has 5 aliphatic rings. The highest BCUT2D eigenvalue weighted by Crippen LogP contribution is 2.46. The molecule has 4 aromatic rings. The van der Waals surface area contributed by atoms with Gasteiger partial charge in [-0.05, 0) is 70.4 Å². The number of aldehydes is 1. The molecule has 1 aliphatic carbocycles. The molecule has 2 atom stereocenters. The van der Waals surface area contributed by atoms with E-state index in [1.165, 1.54) is 31.4 Å². The standard InChI is InChI=1S/C31H32ClF2N7OS.C3H5NO.C3H6/c1-17-15-39(2)11-12-41(17)29-19-13-21(32)24(18-5-6-22(33)27-23(18)20(14-35)28(36)43-27)25(34)26(19)37-30(38-29)42-16-31-7-3-9-40(31)10-4-8-31;5-2-3-1-4-3;1-2-3-1/h5-6,13,17H,3-4,7-12,15-16,36H2,1-2H3;2-4H,1H2;1-3H2. The minimum Gasteiger partial charge on any atom is -0.461 e. The van der Waals surface area contributed by atoms with Gasteiger partial charge in [0.15, 0.2) is 5.82 Å². The van der Waals surface area contributed by atoms with Crippen LogP contribution in [0.4, 0.5) is 19.6 Å². The number of rotatable bonds is 6. The van der Waals surface area contributed by atoms with Crippen molar-refractivity contribution in [1.29, 1.82) is 5.26 Å². The number of benzene rings is 2. The van der Waals surface area contributed by atoms with Gasteiger partial charge in [0, 0.05) is 48.6 Å². The van der Waals surface area contributed by atoms with Gasteiger partial charge in [-0.15, -0.1) is 11.3 Å². The Kier molecular flexibility index (Phi) is 10.3. The molecule has 1 saturated carbocycles. The first-order valence-corrected chi connectivity index (χ1v) is 19.0. The Hall–Kier alpha value is -3.67. The number of hydrogen-bond donors (Lipinski definition) is 2. The third-order valence-corrected chi connectivity index (χ3v) is 11.7. The van der Waals surface area contributed by atoms with Crippen LogP contribution in [0.15, 0.2) is 18.2 Å². The summed E-state index contributed by atoms with van der Waals surface area (Å²) < 4.78 is 38.2. The molecule has 2 unspecified atom stereocenters. The maximum Gasteiger partial charge on any atom is 0.319 e. The average molecular weight is 737 g/mol. The van der Waals surface area contributed by atoms with Crippen LogP contribution in [0.25, 0.3) is 32.1 Å². The maximum atomic E-state index is 16.9. The number of nitrogens with zero attached hydrogens (tertiary/aromatic N) is 6. The van der Waals surface area contributed by atoms with Gasteiger partial charge in [0.05, 0.1) is 26.9 Å². The number of anilines is 2. The van der Waals surface area contributed by atoms with Crippen LogP contribution in [-0.4, -0.2) is 96.6 Å². The number of halogens is 3. The number of nitrogen functional groups attached to an aromatic ring is 1. The van der Waals surface area contributed by atoms with Crippen molar-refractivity contribution in [3.8, 4) is 23.2 Å². The summed E-state index contributed by atoms with van der Waals surface area (Å²) in [4.78, 5) is 25.9. The number of piperazine rings is 1. The molecule has 51 heavy (non-hydrogen) atoms. The first-order chi connectivity index (χ1) is 24.6. The van der Waals surface area contributed by atoms with Gasteiger partial charge in [0.25, 0.3) is 0 Å². The number of hydrogen-bond acceptors (Lipinski definition) is 11. The highest BCUT2D eigenvalue weighted by Gasteiger charge is 2.45. The molecule has 2 aromatic carbocycles. The largest absolute Gasteiger partial charge is 0.461 e. The van der Waals surface area contributed by atoms with Gasteiger partial charge in [-0.2, -0.15) is 15.2 Å². The third kappa shape index (κ3) is 7.22. The summed E-state index contributed by atoms with van der Waals surface area (Å²) in [5.74, 6) is -0.645. The number of likely N-dealkylation sites (N-methyl/N-ethyl adjacent to an activating group) is 1. The Labute approximate surface area is 305 Å². The van der Waals surface area contributed by atoms with Crippen molar-refractivity contribution in [1.82, 2.24) is 25.1 Å². The zero-order chi connectivity index (χ0) is 35.9. The second kappa shape index (κ2) is 14.8. The molecular formula is C37H43ClF2N8O2S. The Bertz CT molecular complexity index is 1980. The van der Waals surface area contributed by atoms with Crippen LogP contribution in [0.3, 0.4) is 0 Å². The number of carbonyl (C=O) groups excluding carboxylic acids is 1. The van der Waals surface area contributed by atoms with Gasteiger partial charge in [-0.25, -0.2) is 8.78 Å². The van der Waals surface area contributed by atoms with E-state index < -0.39 is 11.6 Å². The fourth-order valence-corrected chi connectivity index (χ4v) is 8.72. The van der Waals surface area contributed by atoms with Crippen LogP contribution in [0.2, 0.25) is 5.02 Å². The SMILES string of the molecule is C1CC1.CC1CN(C)CCN1c1nc(OCC23CCCN2CCC3)nc2c(F)c(-c3ccc(F)c4sc(N)c(C#N)c34)c(Cl)cc12.O=CC1CN1. The van der Waals surface area contributed by atoms with Gasteiger partial charge in [-0.1, -0.05) is 36.9 Å². The zero-order valence-corrected chi connectivity index (χ0v) is 30.6. The van der Waals surface area contributed by atoms with Gasteiger partial charge < -0.3 is 30.4 Å². The minimum atomic E-state index is -0.680. The third-order valence-electron chi connectivity index (χ3n) is 10.4. The maximum absolute atomic E-state index is 16.9. The number of nitrogens with two attached hydrogens (primary N) is 1. The fraction of sp³-hybridized carbons (Fsp3) is 0.514. The molecule has 0 amide bonds. The smallest absolute Gasteiger partial charge is 0.319 e. The summed E-state index contributed by atoms with van der Waals surface area (Å²) in [7, 11) is 2.08. The zero-order valence-electron chi connectivity index (χ0n) is 29.0. The average Bonchev–Trinajstić information content (AvgIpc) is 4.05. The van der Waals surface area contributed by atoms with Crippen molar-refractivity contribution in [3.05, 3.63) is 40.4 Å². The minimum absolute atomic E-state index is 0.0321. The van der Waals surface area contributed by atoms with E-state index in [1.54, 1.807) is 6.07 Å². The number of nitriles is 1. The first kappa shape index (κ1) is 35.7. The molecule has 9 rings (SSSR count). The summed E-state index contributed by atoms with van der Waals surface area (Å²) in [6, 6.07) is 6.84. The van der Waals surface area contributed by atoms with Crippen LogP contribution in [-0.2, 0) is 4.79 Å². The Morgan fingerprint density at radius 1 is 1.16 bits per heavy atom. The van der Waals surface area contributed by atoms with Crippen molar-refractivity contribution in [2.24, 2.45) is 0 Å². The molecule has 3 N–H and O–H groups in total. The van der Waals surface area contributed by atoms with E-state index in [1.807, 2.05) is 0 Å². The molecule has 6 heterocycles. The molecular weight excluding hydrogens is 694 g/mol. The van der Waals surface area contributed by atoms with Crippen LogP contribution in [0.1, 0.15) is 57.4 Å². The molecule has 10 nitrogen and oxygen atoms in total. The van der Waals surface area contributed by atoms with Crippen LogP contribution in [0.5, 0.6) is 6.01 Å². The van der Waals surface area contributed by atoms with Crippen molar-refractivity contribution >= 4 is 61.0 Å². The van der Waals surface area contributed by atoms with Crippen molar-refractivity contribution in [2.45, 2.75) is 69.5 Å². The lowest BCUT2D eigenvalue weighted by atomic mass is 9.95. The number of aromatic nitrogens is 2. The molecule has 2 aromatic heterocycles. The van der Waals surface area contributed by atoms with E-state index in [9.17, 15) is 14.4 Å². The normalized spacial score (nSPS) is 22.1. The van der Waals surface area contributed by atoms with E-state index >= 15 is 4.39 Å². The molecule has 4 saturated heterocycles. The van der Waals surface area contributed by atoms with E-state index in [-0.39, 0.29) is 65.9 Å². The molecule has 270 valence electrons. The predicted molar refractivity (Wildman–Crippen MR) is 199 cm³/mol. The monoisotopic (exact) mass is 736 g/mol. The number of fused-ring (bicyclic) bond motifs is 3. The van der Waals surface area contributed by atoms with Gasteiger partial charge in [0.2, 0.25) is 0 Å². The van der Waals surface area contributed by atoms with Gasteiger partial charge >= 0.3 is 6.01 Å². The van der Waals surface area contributed by atoms with Crippen LogP contribution < -0.4 is 20.7 Å². The highest BCUT2D eigenvalue weighted by molar-refractivity contribution is 7.23. The number of carbonyl (C=O) groups is 1. The summed E-state index contributed by atoms with van der Waals surface area (Å²) in [5.41, 5.74) is 6.52. The molecule has 4 aliphatic heterocycles. The molecule has 0 radical (unpaired) electrons. The van der Waals surface area contributed by atoms with E-state index in [0.29, 0.717) is 24.4 Å². The first-order valence-electron chi connectivity index (χ1n) is 17.8. The number of ether oxygens (including phenoxy) is 1. The topological polar surface area (TPSA) is 134 Å². The van der Waals surface area contributed by atoms with Crippen molar-refractivity contribution in [3.63, 3.8) is 0 Å². The molecule has 0 bridgehead atoms. The number of thiophene rings is 1. The van der Waals surface area contributed by atoms with Crippen LogP contribution in [0, 0.1) is 23.0 Å². The Morgan fingerprint density at radius 3 is 2.49 bits per heavy atom. The van der Waals surface area contributed by atoms with Crippen LogP contribution >= 0.6 is 22.9 Å². The molecule has 14 heteroatoms. The van der Waals surface area contributed by atoms with Gasteiger partial charge in [-0.3, -0.25) is 4.90 Å². The molecule has 5 fully saturated rings. The lowest BCUT2D eigenvalue weighted by Crippen LogP contribution is -2.51. The van der Waals surface area contributed by atoms with Gasteiger partial charge in [0.1, 0.15) is 41.1 Å². The number of nitrogens with one attached hydrogen (secondary N) is 1. The Morgan fingerprint density at radius 2 is 1.88 bits per heavy atom. The van der Waals surface area contributed by atoms with E-state index in [0.717, 1.165) is 76.0 Å². The van der Waals surface area contributed by atoms with E-state index in [2.05, 4.69) is 45.0 Å². The Balaban J connectivity index is 0.000000449. The van der Waals surface area contributed by atoms with Crippen molar-refractivity contribution in [2.75, 3.05) is 63.6 Å². The summed E-state index contributed by atoms with van der Waals surface area (Å²) in [5, 5.41) is 13.6. The second-order valence-electron chi connectivity index (χ2n) is 14.2. The lowest BCUT2D eigenvalue weighted by Gasteiger charge is -2.39. The second-order valence-corrected chi connectivity index (χ2v) is 15.7. The quantitative estimate of drug-likeness (QED) is 0.170. The predicted octanol–water partition coefficient (Wildman–Crippen LogP) is 6.37. The fourth-order valence-electron chi connectivity index (χ4n) is 7.48.